The van der Waals surface area contributed by atoms with E-state index in [2.05, 4.69) is 4.98 Å². The van der Waals surface area contributed by atoms with Crippen LogP contribution in [0.2, 0.25) is 0 Å². The maximum atomic E-state index is 13.8. The van der Waals surface area contributed by atoms with Crippen LogP contribution in [-0.2, 0) is 6.42 Å². The molecule has 1 aromatic heterocycles. The minimum Gasteiger partial charge on any atom is -0.497 e. The fourth-order valence-electron chi connectivity index (χ4n) is 1.72. The maximum Gasteiger partial charge on any atom is 0.131 e. The summed E-state index contributed by atoms with van der Waals surface area (Å²) in [5.41, 5.74) is 1.51. The van der Waals surface area contributed by atoms with Crippen LogP contribution in [-0.4, -0.2) is 12.1 Å². The van der Waals surface area contributed by atoms with Crippen molar-refractivity contribution in [3.8, 4) is 5.75 Å². The van der Waals surface area contributed by atoms with Gasteiger partial charge in [-0.15, -0.1) is 11.6 Å². The molecule has 1 unspecified atom stereocenters. The molecule has 1 heterocycles. The van der Waals surface area contributed by atoms with Gasteiger partial charge in [0.25, 0.3) is 0 Å². The first-order chi connectivity index (χ1) is 8.70. The number of hydrogen-bond acceptors (Lipinski definition) is 2. The Labute approximate surface area is 110 Å². The molecule has 0 saturated heterocycles. The van der Waals surface area contributed by atoms with E-state index in [9.17, 15) is 4.39 Å². The molecule has 0 radical (unpaired) electrons. The smallest absolute Gasteiger partial charge is 0.131 e. The summed E-state index contributed by atoms with van der Waals surface area (Å²) in [4.78, 5) is 3.93. The topological polar surface area (TPSA) is 22.1 Å². The van der Waals surface area contributed by atoms with Gasteiger partial charge in [0.05, 0.1) is 12.5 Å². The third kappa shape index (κ3) is 2.99. The first kappa shape index (κ1) is 12.8. The second-order valence-corrected chi connectivity index (χ2v) is 4.44. The highest BCUT2D eigenvalue weighted by Crippen LogP contribution is 2.29. The van der Waals surface area contributed by atoms with Gasteiger partial charge in [0.15, 0.2) is 0 Å². The summed E-state index contributed by atoms with van der Waals surface area (Å²) in [5, 5.41) is -0.404. The van der Waals surface area contributed by atoms with Crippen LogP contribution in [0, 0.1) is 5.82 Å². The van der Waals surface area contributed by atoms with Gasteiger partial charge in [-0.05, 0) is 30.2 Å². The Balaban J connectivity index is 2.16. The fourth-order valence-corrected chi connectivity index (χ4v) is 2.08. The number of benzene rings is 1. The van der Waals surface area contributed by atoms with Crippen LogP contribution in [0.5, 0.6) is 5.75 Å². The van der Waals surface area contributed by atoms with Gasteiger partial charge < -0.3 is 4.74 Å². The number of rotatable bonds is 4. The molecule has 0 bridgehead atoms. The summed E-state index contributed by atoms with van der Waals surface area (Å²) in [6.07, 6.45) is 3.96. The molecule has 0 amide bonds. The van der Waals surface area contributed by atoms with Gasteiger partial charge in [0.2, 0.25) is 0 Å². The summed E-state index contributed by atoms with van der Waals surface area (Å²) in [6.45, 7) is 0. The van der Waals surface area contributed by atoms with E-state index in [0.29, 0.717) is 17.7 Å². The monoisotopic (exact) mass is 265 g/mol. The normalized spacial score (nSPS) is 12.2. The third-order valence-electron chi connectivity index (χ3n) is 2.71. The molecule has 1 aromatic carbocycles. The molecule has 0 aliphatic heterocycles. The summed E-state index contributed by atoms with van der Waals surface area (Å²) < 4.78 is 18.8. The number of methoxy groups -OCH3 is 1. The average Bonchev–Trinajstić information content (AvgIpc) is 2.39. The minimum atomic E-state index is -0.404. The predicted octanol–water partition coefficient (Wildman–Crippen LogP) is 3.75. The quantitative estimate of drug-likeness (QED) is 0.786. The van der Waals surface area contributed by atoms with Crippen LogP contribution in [0.25, 0.3) is 0 Å². The van der Waals surface area contributed by atoms with Crippen LogP contribution in [0.3, 0.4) is 0 Å². The number of alkyl halides is 1. The van der Waals surface area contributed by atoms with Crippen molar-refractivity contribution in [2.45, 2.75) is 11.8 Å². The Kier molecular flexibility index (Phi) is 4.15. The lowest BCUT2D eigenvalue weighted by atomic mass is 10.0. The Bertz CT molecular complexity index is 518. The van der Waals surface area contributed by atoms with Crippen molar-refractivity contribution in [3.05, 3.63) is 59.7 Å². The molecule has 0 fully saturated rings. The van der Waals surface area contributed by atoms with Gasteiger partial charge in [-0.1, -0.05) is 6.07 Å². The molecular formula is C14H13ClFNO. The second kappa shape index (κ2) is 5.83. The molecular weight excluding hydrogens is 253 g/mol. The van der Waals surface area contributed by atoms with E-state index in [4.69, 9.17) is 16.3 Å². The summed E-state index contributed by atoms with van der Waals surface area (Å²) in [6, 6.07) is 8.46. The van der Waals surface area contributed by atoms with Crippen molar-refractivity contribution in [2.75, 3.05) is 7.11 Å². The highest BCUT2D eigenvalue weighted by Gasteiger charge is 2.14. The lowest BCUT2D eigenvalue weighted by Crippen LogP contribution is -1.99. The second-order valence-electron chi connectivity index (χ2n) is 3.91. The molecule has 2 rings (SSSR count). The molecule has 0 aliphatic carbocycles. The SMILES string of the molecule is COc1ccc(C(Cl)Cc2ccncc2)c(F)c1. The molecule has 2 nitrogen and oxygen atoms in total. The molecule has 0 aliphatic rings. The van der Waals surface area contributed by atoms with Crippen LogP contribution in [0.1, 0.15) is 16.5 Å². The number of pyridine rings is 1. The van der Waals surface area contributed by atoms with E-state index in [0.717, 1.165) is 5.56 Å². The van der Waals surface area contributed by atoms with E-state index in [1.165, 1.54) is 13.2 Å². The van der Waals surface area contributed by atoms with Crippen molar-refractivity contribution in [3.63, 3.8) is 0 Å². The zero-order valence-corrected chi connectivity index (χ0v) is 10.7. The largest absolute Gasteiger partial charge is 0.497 e. The van der Waals surface area contributed by atoms with Crippen molar-refractivity contribution in [1.82, 2.24) is 4.98 Å². The van der Waals surface area contributed by atoms with E-state index in [1.54, 1.807) is 24.5 Å². The van der Waals surface area contributed by atoms with Crippen molar-refractivity contribution in [2.24, 2.45) is 0 Å². The van der Waals surface area contributed by atoms with E-state index < -0.39 is 5.38 Å². The molecule has 4 heteroatoms. The van der Waals surface area contributed by atoms with Gasteiger partial charge in [0.1, 0.15) is 11.6 Å². The van der Waals surface area contributed by atoms with E-state index in [-0.39, 0.29) is 5.82 Å². The number of nitrogens with zero attached hydrogens (tertiary/aromatic N) is 1. The van der Waals surface area contributed by atoms with Crippen LogP contribution in [0.4, 0.5) is 4.39 Å². The summed E-state index contributed by atoms with van der Waals surface area (Å²) >= 11 is 6.24. The number of ether oxygens (including phenoxy) is 1. The first-order valence-corrected chi connectivity index (χ1v) is 6.00. The van der Waals surface area contributed by atoms with Gasteiger partial charge >= 0.3 is 0 Å². The number of halogens is 2. The maximum absolute atomic E-state index is 13.8. The molecule has 2 aromatic rings. The molecule has 18 heavy (non-hydrogen) atoms. The summed E-state index contributed by atoms with van der Waals surface area (Å²) in [7, 11) is 1.50. The lowest BCUT2D eigenvalue weighted by molar-refractivity contribution is 0.410. The van der Waals surface area contributed by atoms with E-state index in [1.807, 2.05) is 12.1 Å². The number of hydrogen-bond donors (Lipinski definition) is 0. The van der Waals surface area contributed by atoms with Crippen molar-refractivity contribution >= 4 is 11.6 Å². The molecule has 0 saturated carbocycles. The van der Waals surface area contributed by atoms with Crippen molar-refractivity contribution in [1.29, 1.82) is 0 Å². The van der Waals surface area contributed by atoms with Gasteiger partial charge in [-0.3, -0.25) is 4.98 Å². The Hall–Kier alpha value is -1.61. The molecule has 0 spiro atoms. The van der Waals surface area contributed by atoms with Crippen LogP contribution in [0.15, 0.2) is 42.7 Å². The van der Waals surface area contributed by atoms with Gasteiger partial charge in [-0.25, -0.2) is 4.39 Å². The van der Waals surface area contributed by atoms with Crippen molar-refractivity contribution < 1.29 is 9.13 Å². The zero-order valence-electron chi connectivity index (χ0n) is 9.94. The van der Waals surface area contributed by atoms with Gasteiger partial charge in [-0.2, -0.15) is 0 Å². The minimum absolute atomic E-state index is 0.344. The Morgan fingerprint density at radius 2 is 2.00 bits per heavy atom. The first-order valence-electron chi connectivity index (χ1n) is 5.57. The molecule has 1 atom stereocenters. The van der Waals surface area contributed by atoms with Crippen LogP contribution >= 0.6 is 11.6 Å². The highest BCUT2D eigenvalue weighted by molar-refractivity contribution is 6.20. The standard InChI is InChI=1S/C14H13ClFNO/c1-18-11-2-3-12(14(16)9-11)13(15)8-10-4-6-17-7-5-10/h2-7,9,13H,8H2,1H3. The lowest BCUT2D eigenvalue weighted by Gasteiger charge is -2.11. The third-order valence-corrected chi connectivity index (χ3v) is 3.10. The van der Waals surface area contributed by atoms with E-state index >= 15 is 0 Å². The number of aromatic nitrogens is 1. The Morgan fingerprint density at radius 3 is 2.61 bits per heavy atom. The predicted molar refractivity (Wildman–Crippen MR) is 69.5 cm³/mol. The Morgan fingerprint density at radius 1 is 1.28 bits per heavy atom. The van der Waals surface area contributed by atoms with Crippen LogP contribution < -0.4 is 4.74 Å². The summed E-state index contributed by atoms with van der Waals surface area (Å²) in [5.74, 6) is 0.146. The molecule has 94 valence electrons. The zero-order chi connectivity index (χ0) is 13.0. The average molecular weight is 266 g/mol. The highest BCUT2D eigenvalue weighted by atomic mass is 35.5. The van der Waals surface area contributed by atoms with Gasteiger partial charge in [0, 0.05) is 24.0 Å². The fraction of sp³-hybridized carbons (Fsp3) is 0.214. The molecule has 0 N–H and O–H groups in total.